The molecule has 0 fully saturated rings. The van der Waals surface area contributed by atoms with Gasteiger partial charge in [0.25, 0.3) is 11.6 Å². The average molecular weight is 307 g/mol. The molecule has 7 nitrogen and oxygen atoms in total. The average Bonchev–Trinajstić information content (AvgIpc) is 2.48. The van der Waals surface area contributed by atoms with Crippen molar-refractivity contribution >= 4 is 17.3 Å². The number of hydrogen-bond acceptors (Lipinski definition) is 5. The van der Waals surface area contributed by atoms with Gasteiger partial charge < -0.3 is 15.4 Å². The van der Waals surface area contributed by atoms with Crippen molar-refractivity contribution in [2.24, 2.45) is 11.7 Å². The van der Waals surface area contributed by atoms with Gasteiger partial charge in [-0.05, 0) is 31.4 Å². The van der Waals surface area contributed by atoms with Crippen LogP contribution >= 0.6 is 0 Å². The smallest absolute Gasteiger partial charge is 0.273 e. The van der Waals surface area contributed by atoms with Crippen LogP contribution in [0.3, 0.4) is 0 Å². The standard InChI is InChI=1S/C15H21N3O4/c1-10(2)14-15(19)17(8-4-3-7-16)12-6-5-11(18(20)21)9-13(12)22-14/h5-6,9-10,14H,3-4,7-8,16H2,1-2H3. The van der Waals surface area contributed by atoms with Gasteiger partial charge in [-0.15, -0.1) is 0 Å². The van der Waals surface area contributed by atoms with Gasteiger partial charge in [-0.2, -0.15) is 0 Å². The third-order valence-electron chi connectivity index (χ3n) is 3.65. The lowest BCUT2D eigenvalue weighted by atomic mass is 10.0. The van der Waals surface area contributed by atoms with Crippen molar-refractivity contribution in [3.63, 3.8) is 0 Å². The number of carbonyl (C=O) groups excluding carboxylic acids is 1. The van der Waals surface area contributed by atoms with Crippen LogP contribution in [0, 0.1) is 16.0 Å². The molecule has 2 N–H and O–H groups in total. The summed E-state index contributed by atoms with van der Waals surface area (Å²) in [6, 6.07) is 4.35. The molecule has 0 aliphatic carbocycles. The second kappa shape index (κ2) is 6.74. The number of fused-ring (bicyclic) bond motifs is 1. The highest BCUT2D eigenvalue weighted by molar-refractivity contribution is 6.00. The number of nitro benzene ring substituents is 1. The van der Waals surface area contributed by atoms with Gasteiger partial charge in [0.1, 0.15) is 0 Å². The largest absolute Gasteiger partial charge is 0.478 e. The van der Waals surface area contributed by atoms with Crippen LogP contribution in [0.25, 0.3) is 0 Å². The fourth-order valence-corrected chi connectivity index (χ4v) is 2.46. The van der Waals surface area contributed by atoms with Gasteiger partial charge in [0, 0.05) is 12.6 Å². The van der Waals surface area contributed by atoms with Crippen LogP contribution in [0.2, 0.25) is 0 Å². The first kappa shape index (κ1) is 16.2. The van der Waals surface area contributed by atoms with Gasteiger partial charge >= 0.3 is 0 Å². The molecule has 22 heavy (non-hydrogen) atoms. The van der Waals surface area contributed by atoms with Gasteiger partial charge in [0.2, 0.25) is 0 Å². The van der Waals surface area contributed by atoms with Gasteiger partial charge in [-0.3, -0.25) is 14.9 Å². The highest BCUT2D eigenvalue weighted by Gasteiger charge is 2.36. The summed E-state index contributed by atoms with van der Waals surface area (Å²) in [6.07, 6.45) is 0.982. The first-order chi connectivity index (χ1) is 10.5. The van der Waals surface area contributed by atoms with Crippen molar-refractivity contribution in [1.82, 2.24) is 0 Å². The topological polar surface area (TPSA) is 98.7 Å². The number of non-ortho nitro benzene ring substituents is 1. The molecular weight excluding hydrogens is 286 g/mol. The zero-order chi connectivity index (χ0) is 16.3. The molecule has 0 saturated heterocycles. The molecule has 0 spiro atoms. The lowest BCUT2D eigenvalue weighted by Gasteiger charge is -2.35. The van der Waals surface area contributed by atoms with E-state index in [0.29, 0.717) is 24.5 Å². The molecule has 1 aliphatic rings. The Hall–Kier alpha value is -2.15. The minimum Gasteiger partial charge on any atom is -0.478 e. The number of nitro groups is 1. The molecule has 1 aromatic rings. The van der Waals surface area contributed by atoms with Crippen molar-refractivity contribution in [3.05, 3.63) is 28.3 Å². The second-order valence-corrected chi connectivity index (χ2v) is 5.68. The van der Waals surface area contributed by atoms with Gasteiger partial charge in [0.05, 0.1) is 16.7 Å². The molecule has 0 aromatic heterocycles. The normalized spacial score (nSPS) is 17.4. The van der Waals surface area contributed by atoms with Crippen LogP contribution in [0.5, 0.6) is 5.75 Å². The molecule has 1 aliphatic heterocycles. The van der Waals surface area contributed by atoms with E-state index < -0.39 is 11.0 Å². The number of ether oxygens (including phenoxy) is 1. The number of anilines is 1. The summed E-state index contributed by atoms with van der Waals surface area (Å²) >= 11 is 0. The van der Waals surface area contributed by atoms with Crippen LogP contribution in [0.15, 0.2) is 18.2 Å². The number of nitrogens with zero attached hydrogens (tertiary/aromatic N) is 2. The number of rotatable bonds is 6. The SMILES string of the molecule is CC(C)C1Oc2cc([N+](=O)[O-])ccc2N(CCCCN)C1=O. The number of carbonyl (C=O) groups is 1. The molecule has 0 bridgehead atoms. The fraction of sp³-hybridized carbons (Fsp3) is 0.533. The van der Waals surface area contributed by atoms with Gasteiger partial charge in [-0.25, -0.2) is 0 Å². The molecule has 1 atom stereocenters. The fourth-order valence-electron chi connectivity index (χ4n) is 2.46. The van der Waals surface area contributed by atoms with Crippen LogP contribution in [-0.2, 0) is 4.79 Å². The Labute approximate surface area is 129 Å². The summed E-state index contributed by atoms with van der Waals surface area (Å²) in [5.41, 5.74) is 6.04. The van der Waals surface area contributed by atoms with E-state index in [1.807, 2.05) is 13.8 Å². The van der Waals surface area contributed by atoms with Crippen LogP contribution in [0.1, 0.15) is 26.7 Å². The first-order valence-corrected chi connectivity index (χ1v) is 7.42. The predicted molar refractivity (Wildman–Crippen MR) is 83.0 cm³/mol. The molecule has 1 unspecified atom stereocenters. The number of hydrogen-bond donors (Lipinski definition) is 1. The maximum Gasteiger partial charge on any atom is 0.273 e. The quantitative estimate of drug-likeness (QED) is 0.493. The Balaban J connectivity index is 2.36. The minimum absolute atomic E-state index is 0.0167. The summed E-state index contributed by atoms with van der Waals surface area (Å²) in [5, 5.41) is 10.9. The van der Waals surface area contributed by atoms with Crippen molar-refractivity contribution in [2.75, 3.05) is 18.0 Å². The number of nitrogens with two attached hydrogens (primary N) is 1. The predicted octanol–water partition coefficient (Wildman–Crippen LogP) is 2.08. The monoisotopic (exact) mass is 307 g/mol. The molecule has 1 heterocycles. The van der Waals surface area contributed by atoms with E-state index in [2.05, 4.69) is 0 Å². The number of benzene rings is 1. The lowest BCUT2D eigenvalue weighted by molar-refractivity contribution is -0.384. The Morgan fingerprint density at radius 2 is 2.14 bits per heavy atom. The van der Waals surface area contributed by atoms with E-state index in [1.54, 1.807) is 11.0 Å². The zero-order valence-corrected chi connectivity index (χ0v) is 12.8. The van der Waals surface area contributed by atoms with E-state index in [9.17, 15) is 14.9 Å². The molecule has 120 valence electrons. The summed E-state index contributed by atoms with van der Waals surface area (Å²) in [6.45, 7) is 4.89. The van der Waals surface area contributed by atoms with E-state index in [4.69, 9.17) is 10.5 Å². The lowest BCUT2D eigenvalue weighted by Crippen LogP contribution is -2.48. The van der Waals surface area contributed by atoms with E-state index in [-0.39, 0.29) is 17.5 Å². The van der Waals surface area contributed by atoms with E-state index >= 15 is 0 Å². The van der Waals surface area contributed by atoms with E-state index in [1.165, 1.54) is 12.1 Å². The Morgan fingerprint density at radius 3 is 2.73 bits per heavy atom. The van der Waals surface area contributed by atoms with Crippen molar-refractivity contribution < 1.29 is 14.5 Å². The van der Waals surface area contributed by atoms with Crippen LogP contribution in [0.4, 0.5) is 11.4 Å². The van der Waals surface area contributed by atoms with Gasteiger partial charge in [-0.1, -0.05) is 13.8 Å². The molecule has 2 rings (SSSR count). The van der Waals surface area contributed by atoms with Crippen molar-refractivity contribution in [3.8, 4) is 5.75 Å². The highest BCUT2D eigenvalue weighted by Crippen LogP contribution is 2.38. The number of amides is 1. The zero-order valence-electron chi connectivity index (χ0n) is 12.8. The molecule has 0 saturated carbocycles. The molecular formula is C15H21N3O4. The van der Waals surface area contributed by atoms with E-state index in [0.717, 1.165) is 12.8 Å². The summed E-state index contributed by atoms with van der Waals surface area (Å²) in [7, 11) is 0. The van der Waals surface area contributed by atoms with Crippen LogP contribution < -0.4 is 15.4 Å². The molecule has 1 amide bonds. The summed E-state index contributed by atoms with van der Waals surface area (Å²) < 4.78 is 5.71. The Bertz CT molecular complexity index is 574. The second-order valence-electron chi connectivity index (χ2n) is 5.68. The minimum atomic E-state index is -0.618. The number of unbranched alkanes of at least 4 members (excludes halogenated alkanes) is 1. The first-order valence-electron chi connectivity index (χ1n) is 7.42. The highest BCUT2D eigenvalue weighted by atomic mass is 16.6. The third-order valence-corrected chi connectivity index (χ3v) is 3.65. The third kappa shape index (κ3) is 3.19. The maximum absolute atomic E-state index is 12.6. The molecule has 7 heteroatoms. The van der Waals surface area contributed by atoms with Crippen molar-refractivity contribution in [2.45, 2.75) is 32.8 Å². The molecule has 1 aromatic carbocycles. The Morgan fingerprint density at radius 1 is 1.41 bits per heavy atom. The summed E-state index contributed by atoms with van der Waals surface area (Å²) in [4.78, 5) is 24.7. The Kier molecular flexibility index (Phi) is 4.97. The summed E-state index contributed by atoms with van der Waals surface area (Å²) in [5.74, 6) is 0.269. The molecule has 0 radical (unpaired) electrons. The van der Waals surface area contributed by atoms with Crippen LogP contribution in [-0.4, -0.2) is 30.0 Å². The maximum atomic E-state index is 12.6. The van der Waals surface area contributed by atoms with Gasteiger partial charge in [0.15, 0.2) is 11.9 Å². The van der Waals surface area contributed by atoms with Crippen molar-refractivity contribution in [1.29, 1.82) is 0 Å².